The molecule has 2 nitrogen and oxygen atoms in total. The molecule has 0 saturated heterocycles. The number of thioether (sulfide) groups is 1. The van der Waals surface area contributed by atoms with Crippen LogP contribution in [0.3, 0.4) is 0 Å². The van der Waals surface area contributed by atoms with E-state index in [0.717, 1.165) is 41.0 Å². The molecule has 0 bridgehead atoms. The van der Waals surface area contributed by atoms with E-state index < -0.39 is 0 Å². The number of hydrogen-bond acceptors (Lipinski definition) is 3. The maximum atomic E-state index is 10.1. The Bertz CT molecular complexity index is 482. The van der Waals surface area contributed by atoms with Gasteiger partial charge in [-0.25, -0.2) is 0 Å². The van der Waals surface area contributed by atoms with E-state index in [1.54, 1.807) is 0 Å². The molecule has 1 heterocycles. The van der Waals surface area contributed by atoms with Crippen LogP contribution >= 0.6 is 11.8 Å². The van der Waals surface area contributed by atoms with Gasteiger partial charge in [-0.05, 0) is 63.5 Å². The van der Waals surface area contributed by atoms with Gasteiger partial charge in [0.1, 0.15) is 17.1 Å². The van der Waals surface area contributed by atoms with Gasteiger partial charge in [0, 0.05) is 11.3 Å². The fourth-order valence-corrected chi connectivity index (χ4v) is 3.52. The zero-order valence-corrected chi connectivity index (χ0v) is 12.7. The first kappa shape index (κ1) is 13.6. The number of aromatic hydroxyl groups is 1. The molecule has 0 spiro atoms. The molecule has 0 amide bonds. The SMILES string of the molecule is CSC[C@@]1(C)CCc2c(C)c(O)c(C)c(C)c2O1. The Hall–Kier alpha value is -0.830. The number of benzene rings is 1. The van der Waals surface area contributed by atoms with E-state index in [4.69, 9.17) is 4.74 Å². The minimum atomic E-state index is -0.0764. The lowest BCUT2D eigenvalue weighted by atomic mass is 9.88. The van der Waals surface area contributed by atoms with Crippen molar-refractivity contribution in [2.45, 2.75) is 46.1 Å². The first-order valence-electron chi connectivity index (χ1n) is 6.39. The standard InChI is InChI=1S/C15H22O2S/c1-9-10(2)14-12(11(3)13(9)16)6-7-15(4,17-14)8-18-5/h16H,6-8H2,1-5H3/t15-/m1/s1. The number of hydrogen-bond donors (Lipinski definition) is 1. The summed E-state index contributed by atoms with van der Waals surface area (Å²) in [6.07, 6.45) is 4.13. The van der Waals surface area contributed by atoms with Gasteiger partial charge < -0.3 is 9.84 Å². The Kier molecular flexibility index (Phi) is 3.54. The van der Waals surface area contributed by atoms with Crippen LogP contribution in [0.15, 0.2) is 0 Å². The van der Waals surface area contributed by atoms with Crippen LogP contribution < -0.4 is 4.74 Å². The lowest BCUT2D eigenvalue weighted by Crippen LogP contribution is -2.39. The van der Waals surface area contributed by atoms with E-state index >= 15 is 0 Å². The topological polar surface area (TPSA) is 29.5 Å². The number of ether oxygens (including phenoxy) is 1. The van der Waals surface area contributed by atoms with E-state index in [2.05, 4.69) is 13.2 Å². The fourth-order valence-electron chi connectivity index (χ4n) is 2.70. The molecule has 3 heteroatoms. The molecule has 0 radical (unpaired) electrons. The van der Waals surface area contributed by atoms with Crippen LogP contribution in [0.1, 0.15) is 35.6 Å². The number of phenols is 1. The molecule has 1 aliphatic rings. The van der Waals surface area contributed by atoms with E-state index in [-0.39, 0.29) is 5.60 Å². The Labute approximate surface area is 114 Å². The average molecular weight is 266 g/mol. The van der Waals surface area contributed by atoms with Crippen molar-refractivity contribution >= 4 is 11.8 Å². The second kappa shape index (κ2) is 4.69. The Morgan fingerprint density at radius 1 is 1.22 bits per heavy atom. The summed E-state index contributed by atoms with van der Waals surface area (Å²) in [5.74, 6) is 2.44. The van der Waals surface area contributed by atoms with Gasteiger partial charge in [-0.15, -0.1) is 0 Å². The first-order chi connectivity index (χ1) is 8.39. The Balaban J connectivity index is 2.50. The highest BCUT2D eigenvalue weighted by molar-refractivity contribution is 7.98. The van der Waals surface area contributed by atoms with E-state index in [1.165, 1.54) is 5.56 Å². The largest absolute Gasteiger partial charge is 0.507 e. The van der Waals surface area contributed by atoms with Crippen LogP contribution in [-0.4, -0.2) is 22.7 Å². The summed E-state index contributed by atoms with van der Waals surface area (Å²) in [7, 11) is 0. The van der Waals surface area contributed by atoms with Crippen molar-refractivity contribution in [2.75, 3.05) is 12.0 Å². The molecule has 18 heavy (non-hydrogen) atoms. The molecule has 0 aliphatic carbocycles. The van der Waals surface area contributed by atoms with Crippen molar-refractivity contribution in [3.63, 3.8) is 0 Å². The quantitative estimate of drug-likeness (QED) is 0.883. The van der Waals surface area contributed by atoms with Gasteiger partial charge in [-0.3, -0.25) is 0 Å². The van der Waals surface area contributed by atoms with Crippen LogP contribution in [0.5, 0.6) is 11.5 Å². The molecule has 1 aromatic rings. The third-order valence-corrected chi connectivity index (χ3v) is 4.94. The summed E-state index contributed by atoms with van der Waals surface area (Å²) >= 11 is 1.82. The first-order valence-corrected chi connectivity index (χ1v) is 7.78. The lowest BCUT2D eigenvalue weighted by Gasteiger charge is -2.37. The number of fused-ring (bicyclic) bond motifs is 1. The molecule has 0 saturated carbocycles. The lowest BCUT2D eigenvalue weighted by molar-refractivity contribution is 0.0881. The van der Waals surface area contributed by atoms with Crippen molar-refractivity contribution in [2.24, 2.45) is 0 Å². The predicted octanol–water partition coefficient (Wildman–Crippen LogP) is 3.76. The van der Waals surface area contributed by atoms with Gasteiger partial charge in [0.05, 0.1) is 0 Å². The maximum absolute atomic E-state index is 10.1. The highest BCUT2D eigenvalue weighted by atomic mass is 32.2. The second-order valence-electron chi connectivity index (χ2n) is 5.52. The molecule has 1 atom stereocenters. The van der Waals surface area contributed by atoms with Gasteiger partial charge in [-0.1, -0.05) is 0 Å². The Morgan fingerprint density at radius 2 is 1.89 bits per heavy atom. The van der Waals surface area contributed by atoms with Crippen LogP contribution in [0.2, 0.25) is 0 Å². The zero-order valence-electron chi connectivity index (χ0n) is 11.9. The van der Waals surface area contributed by atoms with Crippen LogP contribution in [0, 0.1) is 20.8 Å². The fraction of sp³-hybridized carbons (Fsp3) is 0.600. The van der Waals surface area contributed by atoms with Gasteiger partial charge in [-0.2, -0.15) is 11.8 Å². The van der Waals surface area contributed by atoms with Crippen LogP contribution in [0.4, 0.5) is 0 Å². The summed E-state index contributed by atoms with van der Waals surface area (Å²) in [5.41, 5.74) is 4.13. The van der Waals surface area contributed by atoms with Gasteiger partial charge in [0.25, 0.3) is 0 Å². The molecule has 0 fully saturated rings. The Morgan fingerprint density at radius 3 is 2.50 bits per heavy atom. The van der Waals surface area contributed by atoms with E-state index in [9.17, 15) is 5.11 Å². The highest BCUT2D eigenvalue weighted by Gasteiger charge is 2.34. The maximum Gasteiger partial charge on any atom is 0.127 e. The molecule has 0 unspecified atom stereocenters. The van der Waals surface area contributed by atoms with Crippen molar-refractivity contribution < 1.29 is 9.84 Å². The molecule has 100 valence electrons. The highest BCUT2D eigenvalue weighted by Crippen LogP contribution is 2.43. The minimum Gasteiger partial charge on any atom is -0.507 e. The molecular weight excluding hydrogens is 244 g/mol. The molecule has 1 N–H and O–H groups in total. The second-order valence-corrected chi connectivity index (χ2v) is 6.38. The summed E-state index contributed by atoms with van der Waals surface area (Å²) < 4.78 is 6.28. The van der Waals surface area contributed by atoms with Gasteiger partial charge in [0.15, 0.2) is 0 Å². The van der Waals surface area contributed by atoms with E-state index in [1.807, 2.05) is 32.5 Å². The van der Waals surface area contributed by atoms with Crippen molar-refractivity contribution in [3.8, 4) is 11.5 Å². The predicted molar refractivity (Wildman–Crippen MR) is 78.1 cm³/mol. The van der Waals surface area contributed by atoms with Gasteiger partial charge in [0.2, 0.25) is 0 Å². The van der Waals surface area contributed by atoms with Crippen LogP contribution in [-0.2, 0) is 6.42 Å². The summed E-state index contributed by atoms with van der Waals surface area (Å²) in [5, 5.41) is 10.1. The van der Waals surface area contributed by atoms with Crippen molar-refractivity contribution in [1.29, 1.82) is 0 Å². The van der Waals surface area contributed by atoms with Crippen LogP contribution in [0.25, 0.3) is 0 Å². The average Bonchev–Trinajstić information content (AvgIpc) is 2.34. The zero-order chi connectivity index (χ0) is 13.5. The number of rotatable bonds is 2. The van der Waals surface area contributed by atoms with Crippen molar-refractivity contribution in [3.05, 3.63) is 22.3 Å². The van der Waals surface area contributed by atoms with Crippen molar-refractivity contribution in [1.82, 2.24) is 0 Å². The summed E-state index contributed by atoms with van der Waals surface area (Å²) in [6, 6.07) is 0. The monoisotopic (exact) mass is 266 g/mol. The third-order valence-electron chi connectivity index (χ3n) is 4.04. The smallest absolute Gasteiger partial charge is 0.127 e. The molecule has 1 aromatic carbocycles. The van der Waals surface area contributed by atoms with E-state index in [0.29, 0.717) is 5.75 Å². The third kappa shape index (κ3) is 2.09. The normalized spacial score (nSPS) is 22.5. The molecule has 2 rings (SSSR count). The minimum absolute atomic E-state index is 0.0764. The molecule has 1 aliphatic heterocycles. The summed E-state index contributed by atoms with van der Waals surface area (Å²) in [6.45, 7) is 8.17. The molecule has 0 aromatic heterocycles. The van der Waals surface area contributed by atoms with Gasteiger partial charge >= 0.3 is 0 Å². The molecular formula is C15H22O2S. The summed E-state index contributed by atoms with van der Waals surface area (Å²) in [4.78, 5) is 0. The number of phenolic OH excluding ortho intramolecular Hbond substituents is 1.